The molecular formula is C70H134NO8+. The molecule has 466 valence electrons. The van der Waals surface area contributed by atoms with E-state index in [1.165, 1.54) is 276 Å². The van der Waals surface area contributed by atoms with Crippen LogP contribution in [0.3, 0.4) is 0 Å². The van der Waals surface area contributed by atoms with Crippen molar-refractivity contribution >= 4 is 17.9 Å². The van der Waals surface area contributed by atoms with Crippen molar-refractivity contribution in [3.8, 4) is 0 Å². The van der Waals surface area contributed by atoms with E-state index in [2.05, 4.69) is 38.2 Å². The van der Waals surface area contributed by atoms with Crippen molar-refractivity contribution in [3.63, 3.8) is 0 Å². The number of unbranched alkanes of at least 4 members (excludes halogenated alkanes) is 46. The molecular weight excluding hydrogens is 983 g/mol. The normalized spacial score (nSPS) is 12.8. The van der Waals surface area contributed by atoms with Gasteiger partial charge in [0.2, 0.25) is 0 Å². The van der Waals surface area contributed by atoms with Crippen molar-refractivity contribution < 1.29 is 42.9 Å². The van der Waals surface area contributed by atoms with Crippen molar-refractivity contribution in [3.05, 3.63) is 24.3 Å². The molecule has 0 aliphatic rings. The van der Waals surface area contributed by atoms with E-state index in [-0.39, 0.29) is 38.2 Å². The summed E-state index contributed by atoms with van der Waals surface area (Å²) in [5.41, 5.74) is 0. The Labute approximate surface area is 490 Å². The van der Waals surface area contributed by atoms with E-state index in [1.54, 1.807) is 0 Å². The van der Waals surface area contributed by atoms with Gasteiger partial charge < -0.3 is 28.5 Å². The Morgan fingerprint density at radius 3 is 1.00 bits per heavy atom. The quantitative estimate of drug-likeness (QED) is 0.0211. The number of carboxylic acid groups (broad SMARTS) is 1. The Kier molecular flexibility index (Phi) is 60.1. The predicted octanol–water partition coefficient (Wildman–Crippen LogP) is 21.0. The molecule has 0 aromatic rings. The van der Waals surface area contributed by atoms with Gasteiger partial charge >= 0.3 is 17.9 Å². The van der Waals surface area contributed by atoms with E-state index >= 15 is 0 Å². The van der Waals surface area contributed by atoms with E-state index in [0.29, 0.717) is 17.4 Å². The molecule has 0 spiro atoms. The lowest BCUT2D eigenvalue weighted by atomic mass is 10.0. The third-order valence-electron chi connectivity index (χ3n) is 15.7. The summed E-state index contributed by atoms with van der Waals surface area (Å²) < 4.78 is 23.0. The number of hydrogen-bond donors (Lipinski definition) is 1. The van der Waals surface area contributed by atoms with E-state index in [1.807, 2.05) is 21.1 Å². The van der Waals surface area contributed by atoms with Crippen LogP contribution in [0.1, 0.15) is 348 Å². The second-order valence-electron chi connectivity index (χ2n) is 24.8. The van der Waals surface area contributed by atoms with Gasteiger partial charge in [-0.1, -0.05) is 314 Å². The maximum atomic E-state index is 12.9. The molecule has 2 atom stereocenters. The van der Waals surface area contributed by atoms with Crippen LogP contribution in [-0.4, -0.2) is 87.4 Å². The number of carbonyl (C=O) groups is 3. The first kappa shape index (κ1) is 76.8. The summed E-state index contributed by atoms with van der Waals surface area (Å²) >= 11 is 0. The Balaban J connectivity index is 4.08. The number of rotatable bonds is 65. The number of likely N-dealkylation sites (N-methyl/N-ethyl adjacent to an activating group) is 1. The molecule has 0 saturated heterocycles. The minimum atomic E-state index is -1.51. The van der Waals surface area contributed by atoms with Crippen molar-refractivity contribution in [2.24, 2.45) is 0 Å². The zero-order valence-corrected chi connectivity index (χ0v) is 53.3. The number of ether oxygens (including phenoxy) is 4. The van der Waals surface area contributed by atoms with Gasteiger partial charge in [0, 0.05) is 12.8 Å². The van der Waals surface area contributed by atoms with Crippen molar-refractivity contribution in [1.82, 2.24) is 0 Å². The summed E-state index contributed by atoms with van der Waals surface area (Å²) in [6.45, 7) is 4.94. The molecule has 0 heterocycles. The first-order valence-corrected chi connectivity index (χ1v) is 34.5. The number of allylic oxidation sites excluding steroid dienone is 4. The SMILES string of the molecule is CCCCCCC/C=C\C/C=C\CCCCCCCCCCCCCCCCCCCC(=O)OC(COC(=O)CCCCCCCCCCCCCCCCCCCCCCCCCCC)COC(OCC[N+](C)(C)C)C(=O)O. The summed E-state index contributed by atoms with van der Waals surface area (Å²) in [5.74, 6) is -1.97. The average Bonchev–Trinajstić information content (AvgIpc) is 3.42. The molecule has 79 heavy (non-hydrogen) atoms. The van der Waals surface area contributed by atoms with Crippen LogP contribution in [0.4, 0.5) is 0 Å². The molecule has 0 aromatic heterocycles. The van der Waals surface area contributed by atoms with Crippen LogP contribution in [0.15, 0.2) is 24.3 Å². The molecule has 0 radical (unpaired) electrons. The minimum absolute atomic E-state index is 0.175. The predicted molar refractivity (Wildman–Crippen MR) is 337 cm³/mol. The molecule has 9 nitrogen and oxygen atoms in total. The molecule has 0 aliphatic carbocycles. The van der Waals surface area contributed by atoms with Crippen molar-refractivity contribution in [2.75, 3.05) is 47.5 Å². The molecule has 9 heteroatoms. The molecule has 0 saturated carbocycles. The second-order valence-corrected chi connectivity index (χ2v) is 24.8. The van der Waals surface area contributed by atoms with Crippen LogP contribution in [0, 0.1) is 0 Å². The molecule has 0 aliphatic heterocycles. The van der Waals surface area contributed by atoms with Crippen LogP contribution < -0.4 is 0 Å². The van der Waals surface area contributed by atoms with Crippen LogP contribution in [0.5, 0.6) is 0 Å². The van der Waals surface area contributed by atoms with Crippen LogP contribution >= 0.6 is 0 Å². The number of nitrogens with zero attached hydrogens (tertiary/aromatic N) is 1. The maximum Gasteiger partial charge on any atom is 0.361 e. The number of aliphatic carboxylic acids is 1. The lowest BCUT2D eigenvalue weighted by Gasteiger charge is -2.25. The first-order chi connectivity index (χ1) is 38.6. The summed E-state index contributed by atoms with van der Waals surface area (Å²) in [7, 11) is 5.99. The fraction of sp³-hybridized carbons (Fsp3) is 0.900. The highest BCUT2D eigenvalue weighted by atomic mass is 16.7. The molecule has 2 unspecified atom stereocenters. The first-order valence-electron chi connectivity index (χ1n) is 34.5. The average molecular weight is 1120 g/mol. The van der Waals surface area contributed by atoms with Crippen LogP contribution in [0.2, 0.25) is 0 Å². The highest BCUT2D eigenvalue weighted by Gasteiger charge is 2.25. The third kappa shape index (κ3) is 63.2. The fourth-order valence-corrected chi connectivity index (χ4v) is 10.4. The lowest BCUT2D eigenvalue weighted by molar-refractivity contribution is -0.870. The topological polar surface area (TPSA) is 108 Å². The van der Waals surface area contributed by atoms with Gasteiger partial charge in [0.25, 0.3) is 6.29 Å². The highest BCUT2D eigenvalue weighted by Crippen LogP contribution is 2.19. The number of hydrogen-bond acceptors (Lipinski definition) is 7. The summed E-state index contributed by atoms with van der Waals surface area (Å²) in [6, 6.07) is 0. The smallest absolute Gasteiger partial charge is 0.361 e. The number of quaternary nitrogens is 1. The minimum Gasteiger partial charge on any atom is -0.477 e. The van der Waals surface area contributed by atoms with E-state index in [0.717, 1.165) is 44.9 Å². The van der Waals surface area contributed by atoms with Gasteiger partial charge in [-0.3, -0.25) is 9.59 Å². The van der Waals surface area contributed by atoms with Crippen molar-refractivity contribution in [1.29, 1.82) is 0 Å². The fourth-order valence-electron chi connectivity index (χ4n) is 10.4. The van der Waals surface area contributed by atoms with Gasteiger partial charge in [0.1, 0.15) is 13.2 Å². The van der Waals surface area contributed by atoms with Crippen LogP contribution in [-0.2, 0) is 33.3 Å². The van der Waals surface area contributed by atoms with Crippen molar-refractivity contribution in [2.45, 2.75) is 360 Å². The highest BCUT2D eigenvalue weighted by molar-refractivity contribution is 5.71. The Morgan fingerprint density at radius 1 is 0.380 bits per heavy atom. The Hall–Kier alpha value is -2.23. The standard InChI is InChI=1S/C70H133NO8/c1-6-8-10-12-14-16-18-20-22-24-26-28-30-32-33-34-35-37-39-41-43-45-47-49-51-53-55-57-59-61-68(73)79-66(65-78-70(69(74)75)76-63-62-71(3,4)5)64-77-67(72)60-58-56-54-52-50-48-46-44-42-40-38-36-31-29-27-25-23-21-19-17-15-13-11-9-7-2/h18,20,24,26,66,70H,6-17,19,21-23,25,27-65H2,1-5H3/p+1/b20-18-,26-24-. The van der Waals surface area contributed by atoms with E-state index < -0.39 is 18.4 Å². The molecule has 0 amide bonds. The zero-order valence-electron chi connectivity index (χ0n) is 53.3. The summed E-state index contributed by atoms with van der Waals surface area (Å²) in [4.78, 5) is 37.6. The molecule has 0 fully saturated rings. The lowest BCUT2D eigenvalue weighted by Crippen LogP contribution is -2.40. The Bertz CT molecular complexity index is 1340. The molecule has 1 N–H and O–H groups in total. The van der Waals surface area contributed by atoms with Gasteiger partial charge in [-0.2, -0.15) is 0 Å². The van der Waals surface area contributed by atoms with Gasteiger partial charge in [-0.05, 0) is 44.9 Å². The Morgan fingerprint density at radius 2 is 0.684 bits per heavy atom. The second kappa shape index (κ2) is 61.8. The monoisotopic (exact) mass is 1120 g/mol. The molecule has 0 bridgehead atoms. The maximum absolute atomic E-state index is 12.9. The number of carboxylic acids is 1. The molecule has 0 aromatic carbocycles. The summed E-state index contributed by atoms with van der Waals surface area (Å²) in [6.07, 6.45) is 72.9. The zero-order chi connectivity index (χ0) is 57.6. The molecule has 0 rings (SSSR count). The number of esters is 2. The van der Waals surface area contributed by atoms with Gasteiger partial charge in [-0.25, -0.2) is 4.79 Å². The van der Waals surface area contributed by atoms with Gasteiger partial charge in [-0.15, -0.1) is 0 Å². The summed E-state index contributed by atoms with van der Waals surface area (Å²) in [5, 5.41) is 9.74. The van der Waals surface area contributed by atoms with Gasteiger partial charge in [0.05, 0.1) is 34.4 Å². The van der Waals surface area contributed by atoms with Crippen LogP contribution in [0.25, 0.3) is 0 Å². The van der Waals surface area contributed by atoms with Gasteiger partial charge in [0.15, 0.2) is 6.10 Å². The third-order valence-corrected chi connectivity index (χ3v) is 15.7. The van der Waals surface area contributed by atoms with E-state index in [9.17, 15) is 19.5 Å². The largest absolute Gasteiger partial charge is 0.477 e. The number of carbonyl (C=O) groups excluding carboxylic acids is 2. The van der Waals surface area contributed by atoms with E-state index in [4.69, 9.17) is 18.9 Å².